The maximum atomic E-state index is 12.2. The van der Waals surface area contributed by atoms with Crippen molar-refractivity contribution < 1.29 is 13.2 Å². The van der Waals surface area contributed by atoms with Gasteiger partial charge in [-0.25, -0.2) is 10.5 Å². The van der Waals surface area contributed by atoms with Gasteiger partial charge in [0.15, 0.2) is 5.69 Å². The summed E-state index contributed by atoms with van der Waals surface area (Å²) in [6.45, 7) is 3.43. The predicted molar refractivity (Wildman–Crippen MR) is 52.7 cm³/mol. The Morgan fingerprint density at radius 1 is 1.47 bits per heavy atom. The average Bonchev–Trinajstić information content (AvgIpc) is 2.45. The zero-order valence-electron chi connectivity index (χ0n) is 8.17. The zero-order valence-corrected chi connectivity index (χ0v) is 8.99. The summed E-state index contributed by atoms with van der Waals surface area (Å²) in [5, 5.41) is 3.40. The largest absolute Gasteiger partial charge is 0.435 e. The third-order valence-electron chi connectivity index (χ3n) is 1.66. The van der Waals surface area contributed by atoms with Gasteiger partial charge in [0.1, 0.15) is 5.82 Å². The molecule has 88 valence electrons. The number of nitrogen functional groups attached to an aromatic ring is 1. The van der Waals surface area contributed by atoms with E-state index in [0.29, 0.717) is 0 Å². The number of halogens is 4. The summed E-state index contributed by atoms with van der Waals surface area (Å²) in [6.07, 6.45) is -4.44. The molecule has 8 heteroatoms. The second kappa shape index (κ2) is 4.71. The molecule has 0 aliphatic carbocycles. The van der Waals surface area contributed by atoms with Crippen molar-refractivity contribution in [3.63, 3.8) is 0 Å². The Morgan fingerprint density at radius 3 is 2.27 bits per heavy atom. The molecule has 0 saturated carbocycles. The second-order valence-corrected chi connectivity index (χ2v) is 3.10. The Labute approximate surface area is 91.0 Å². The van der Waals surface area contributed by atoms with Crippen LogP contribution in [0.4, 0.5) is 19.0 Å². The molecular weight excluding hydrogens is 233 g/mol. The van der Waals surface area contributed by atoms with Gasteiger partial charge >= 0.3 is 6.18 Å². The van der Waals surface area contributed by atoms with Crippen molar-refractivity contribution in [2.45, 2.75) is 26.1 Å². The van der Waals surface area contributed by atoms with Crippen molar-refractivity contribution in [1.29, 1.82) is 0 Å². The minimum Gasteiger partial charge on any atom is -0.309 e. The van der Waals surface area contributed by atoms with E-state index >= 15 is 0 Å². The van der Waals surface area contributed by atoms with E-state index in [1.54, 1.807) is 13.8 Å². The fourth-order valence-electron chi connectivity index (χ4n) is 1.03. The van der Waals surface area contributed by atoms with Crippen molar-refractivity contribution in [2.24, 2.45) is 5.84 Å². The quantitative estimate of drug-likeness (QED) is 0.619. The molecule has 1 aromatic rings. The third-order valence-corrected chi connectivity index (χ3v) is 1.66. The van der Waals surface area contributed by atoms with Crippen LogP contribution < -0.4 is 11.3 Å². The number of anilines is 1. The SMILES string of the molecule is CC(C)n1nc(C(F)(F)F)cc1NN.Cl. The zero-order chi connectivity index (χ0) is 10.9. The molecule has 3 N–H and O–H groups in total. The molecular formula is C7H12ClF3N4. The van der Waals surface area contributed by atoms with Crippen LogP contribution in [0.25, 0.3) is 0 Å². The first-order chi connectivity index (χ1) is 6.36. The van der Waals surface area contributed by atoms with Crippen LogP contribution in [0.2, 0.25) is 0 Å². The highest BCUT2D eigenvalue weighted by Gasteiger charge is 2.35. The number of nitrogens with zero attached hydrogens (tertiary/aromatic N) is 2. The summed E-state index contributed by atoms with van der Waals surface area (Å²) in [5.41, 5.74) is 1.22. The van der Waals surface area contributed by atoms with Gasteiger partial charge in [0.05, 0.1) is 0 Å². The van der Waals surface area contributed by atoms with Crippen LogP contribution in [0.1, 0.15) is 25.6 Å². The summed E-state index contributed by atoms with van der Waals surface area (Å²) in [7, 11) is 0. The lowest BCUT2D eigenvalue weighted by Crippen LogP contribution is -2.14. The minimum atomic E-state index is -4.44. The van der Waals surface area contributed by atoms with Gasteiger partial charge in [0.2, 0.25) is 0 Å². The Morgan fingerprint density at radius 2 is 2.00 bits per heavy atom. The van der Waals surface area contributed by atoms with Gasteiger partial charge in [-0.1, -0.05) is 0 Å². The molecule has 4 nitrogen and oxygen atoms in total. The highest BCUT2D eigenvalue weighted by atomic mass is 35.5. The standard InChI is InChI=1S/C7H11F3N4.ClH/c1-4(2)14-6(12-11)3-5(13-14)7(8,9)10;/h3-4,12H,11H2,1-2H3;1H. The predicted octanol–water partition coefficient (Wildman–Crippen LogP) is 2.19. The lowest BCUT2D eigenvalue weighted by molar-refractivity contribution is -0.141. The van der Waals surface area contributed by atoms with Gasteiger partial charge in [0.25, 0.3) is 0 Å². The monoisotopic (exact) mass is 244 g/mol. The first kappa shape index (κ1) is 14.1. The highest BCUT2D eigenvalue weighted by Crippen LogP contribution is 2.30. The van der Waals surface area contributed by atoms with Crippen LogP contribution in [-0.4, -0.2) is 9.78 Å². The molecule has 0 atom stereocenters. The molecule has 0 aliphatic heterocycles. The fraction of sp³-hybridized carbons (Fsp3) is 0.571. The Kier molecular flexibility index (Phi) is 4.42. The van der Waals surface area contributed by atoms with E-state index in [0.717, 1.165) is 6.07 Å². The second-order valence-electron chi connectivity index (χ2n) is 3.10. The molecule has 0 fully saturated rings. The Bertz CT molecular complexity index is 321. The lowest BCUT2D eigenvalue weighted by atomic mass is 10.4. The number of hydrazine groups is 1. The minimum absolute atomic E-state index is 0. The number of nitrogens with two attached hydrogens (primary N) is 1. The van der Waals surface area contributed by atoms with Crippen molar-refractivity contribution in [1.82, 2.24) is 9.78 Å². The molecule has 1 aromatic heterocycles. The van der Waals surface area contributed by atoms with Gasteiger partial charge in [-0.15, -0.1) is 12.4 Å². The van der Waals surface area contributed by atoms with Gasteiger partial charge in [0, 0.05) is 12.1 Å². The van der Waals surface area contributed by atoms with Crippen LogP contribution in [-0.2, 0) is 6.18 Å². The van der Waals surface area contributed by atoms with Crippen LogP contribution in [0.15, 0.2) is 6.07 Å². The van der Waals surface area contributed by atoms with Crippen LogP contribution in [0, 0.1) is 0 Å². The van der Waals surface area contributed by atoms with E-state index in [1.807, 2.05) is 0 Å². The van der Waals surface area contributed by atoms with Crippen LogP contribution in [0.3, 0.4) is 0 Å². The van der Waals surface area contributed by atoms with Gasteiger partial charge in [-0.2, -0.15) is 18.3 Å². The summed E-state index contributed by atoms with van der Waals surface area (Å²) in [4.78, 5) is 0. The smallest absolute Gasteiger partial charge is 0.309 e. The molecule has 0 saturated heterocycles. The van der Waals surface area contributed by atoms with Gasteiger partial charge in [-0.3, -0.25) is 0 Å². The van der Waals surface area contributed by atoms with Crippen molar-refractivity contribution in [2.75, 3.05) is 5.43 Å². The molecule has 0 aliphatic rings. The van der Waals surface area contributed by atoms with E-state index < -0.39 is 11.9 Å². The van der Waals surface area contributed by atoms with E-state index in [1.165, 1.54) is 4.68 Å². The van der Waals surface area contributed by atoms with Crippen molar-refractivity contribution >= 4 is 18.2 Å². The Hall–Kier alpha value is -0.950. The Balaban J connectivity index is 0.00000196. The van der Waals surface area contributed by atoms with Crippen LogP contribution >= 0.6 is 12.4 Å². The van der Waals surface area contributed by atoms with Crippen molar-refractivity contribution in [3.8, 4) is 0 Å². The number of aromatic nitrogens is 2. The lowest BCUT2D eigenvalue weighted by Gasteiger charge is -2.09. The molecule has 0 spiro atoms. The fourth-order valence-corrected chi connectivity index (χ4v) is 1.03. The normalized spacial score (nSPS) is 11.4. The van der Waals surface area contributed by atoms with E-state index in [-0.39, 0.29) is 24.3 Å². The molecule has 0 aromatic carbocycles. The van der Waals surface area contributed by atoms with E-state index in [4.69, 9.17) is 5.84 Å². The summed E-state index contributed by atoms with van der Waals surface area (Å²) >= 11 is 0. The summed E-state index contributed by atoms with van der Waals surface area (Å²) in [6, 6.07) is 0.692. The number of rotatable bonds is 2. The molecule has 1 heterocycles. The molecule has 0 amide bonds. The van der Waals surface area contributed by atoms with E-state index in [9.17, 15) is 13.2 Å². The summed E-state index contributed by atoms with van der Waals surface area (Å²) in [5.74, 6) is 5.21. The third kappa shape index (κ3) is 3.00. The topological polar surface area (TPSA) is 55.9 Å². The number of nitrogens with one attached hydrogen (secondary N) is 1. The molecule has 0 unspecified atom stereocenters. The van der Waals surface area contributed by atoms with E-state index in [2.05, 4.69) is 10.5 Å². The number of hydrogen-bond acceptors (Lipinski definition) is 3. The number of alkyl halides is 3. The molecule has 15 heavy (non-hydrogen) atoms. The van der Waals surface area contributed by atoms with Gasteiger partial charge < -0.3 is 5.43 Å². The molecule has 0 radical (unpaired) electrons. The maximum absolute atomic E-state index is 12.2. The summed E-state index contributed by atoms with van der Waals surface area (Å²) < 4.78 is 37.9. The molecule has 0 bridgehead atoms. The average molecular weight is 245 g/mol. The highest BCUT2D eigenvalue weighted by molar-refractivity contribution is 5.85. The first-order valence-corrected chi connectivity index (χ1v) is 3.99. The first-order valence-electron chi connectivity index (χ1n) is 3.99. The van der Waals surface area contributed by atoms with Crippen molar-refractivity contribution in [3.05, 3.63) is 11.8 Å². The van der Waals surface area contributed by atoms with Crippen LogP contribution in [0.5, 0.6) is 0 Å². The maximum Gasteiger partial charge on any atom is 0.435 e. The molecule has 1 rings (SSSR count). The number of hydrogen-bond donors (Lipinski definition) is 2. The van der Waals surface area contributed by atoms with Gasteiger partial charge in [-0.05, 0) is 13.8 Å².